The average molecular weight is 1280 g/mol. The van der Waals surface area contributed by atoms with Gasteiger partial charge in [0.05, 0.1) is 68.1 Å². The van der Waals surface area contributed by atoms with Crippen molar-refractivity contribution in [2.45, 2.75) is 70.3 Å². The lowest BCUT2D eigenvalue weighted by Gasteiger charge is -2.59. The van der Waals surface area contributed by atoms with Crippen molar-refractivity contribution in [3.8, 4) is 28.4 Å². The molecule has 8 rings (SSSR count). The van der Waals surface area contributed by atoms with Gasteiger partial charge >= 0.3 is 23.9 Å². The number of hydrogen-bond donors (Lipinski definition) is 5. The monoisotopic (exact) mass is 1280 g/mol. The third-order valence-electron chi connectivity index (χ3n) is 18.2. The number of hydrogen-bond acceptors (Lipinski definition) is 18. The number of ether oxygens (including phenoxy) is 2. The Morgan fingerprint density at radius 1 is 0.685 bits per heavy atom. The molecule has 0 unspecified atom stereocenters. The second-order valence-electron chi connectivity index (χ2n) is 24.8. The minimum absolute atomic E-state index is 0.0402. The highest BCUT2D eigenvalue weighted by Gasteiger charge is 2.62. The van der Waals surface area contributed by atoms with E-state index in [9.17, 15) is 62.4 Å². The zero-order chi connectivity index (χ0) is 64.7. The van der Waals surface area contributed by atoms with Crippen molar-refractivity contribution in [2.24, 2.45) is 23.7 Å². The molecular weight excluding hydrogens is 1190 g/mol. The molecule has 3 amide bonds. The molecule has 2 aromatic carbocycles. The lowest BCUT2D eigenvalue weighted by Crippen LogP contribution is -2.70. The predicted octanol–water partition coefficient (Wildman–Crippen LogP) is 3.56. The maximum atomic E-state index is 14.5. The number of amides is 3. The van der Waals surface area contributed by atoms with Gasteiger partial charge in [0.15, 0.2) is 15.5 Å². The van der Waals surface area contributed by atoms with Gasteiger partial charge in [-0.1, -0.05) is 19.9 Å². The summed E-state index contributed by atoms with van der Waals surface area (Å²) in [4.78, 5) is 102. The molecule has 5 N–H and O–H groups in total. The molecule has 5 fully saturated rings. The number of benzene rings is 2. The predicted molar refractivity (Wildman–Crippen MR) is 337 cm³/mol. The first-order chi connectivity index (χ1) is 42.3. The Morgan fingerprint density at radius 3 is 1.67 bits per heavy atom. The SMILES string of the molecule is COc1cccc(OC)c1-c1cc(C(=O)NC2(C(=O)O)C3CC4CC(C3)CC2C4)nn1-c1ccc(C(=O)N(C)CCCN(C)CCCN(C)C(=O)CSCCS(=O)(=O)CCN2CCN(CC(=O)O)CCN(CC(=O)O)CCN(CC(=O)O)CC2)cc1C(C)C. The number of nitrogens with one attached hydrogen (secondary N) is 1. The van der Waals surface area contributed by atoms with Crippen LogP contribution in [-0.2, 0) is 33.8 Å². The van der Waals surface area contributed by atoms with E-state index in [-0.39, 0.29) is 124 Å². The van der Waals surface area contributed by atoms with Crippen LogP contribution in [0.25, 0.3) is 16.9 Å². The topological polar surface area (TPSA) is 306 Å². The second kappa shape index (κ2) is 32.1. The summed E-state index contributed by atoms with van der Waals surface area (Å²) >= 11 is 1.24. The number of nitrogens with zero attached hydrogens (tertiary/aromatic N) is 9. The van der Waals surface area contributed by atoms with E-state index in [1.165, 1.54) is 11.8 Å². The summed E-state index contributed by atoms with van der Waals surface area (Å²) in [6.45, 7) is 7.92. The van der Waals surface area contributed by atoms with E-state index < -0.39 is 45.2 Å². The van der Waals surface area contributed by atoms with E-state index in [0.717, 1.165) is 37.7 Å². The maximum absolute atomic E-state index is 14.5. The molecule has 27 heteroatoms. The number of aliphatic carboxylic acids is 4. The third-order valence-corrected chi connectivity index (χ3v) is 21.0. The number of sulfone groups is 1. The molecule has 25 nitrogen and oxygen atoms in total. The van der Waals surface area contributed by atoms with Crippen molar-refractivity contribution < 1.29 is 71.9 Å². The minimum atomic E-state index is -3.55. The fourth-order valence-electron chi connectivity index (χ4n) is 13.5. The van der Waals surface area contributed by atoms with Crippen LogP contribution in [-0.4, -0.2) is 283 Å². The molecule has 4 aliphatic carbocycles. The zero-order valence-corrected chi connectivity index (χ0v) is 54.3. The smallest absolute Gasteiger partial charge is 0.330 e. The fourth-order valence-corrected chi connectivity index (χ4v) is 16.2. The molecule has 4 bridgehead atoms. The highest BCUT2D eigenvalue weighted by Crippen LogP contribution is 2.58. The summed E-state index contributed by atoms with van der Waals surface area (Å²) in [6, 6.07) is 12.5. The van der Waals surface area contributed by atoms with Gasteiger partial charge < -0.3 is 49.9 Å². The molecule has 1 saturated heterocycles. The standard InChI is InChI=1S/C62H92N10O15S2/c1-42(2)48-36-45(13-14-50(48)72-51(58-52(86-6)11-8-12-53(58)87-7)37-49(64-72)59(80)63-62(61(82)83)46-32-43-31-44(34-46)35-47(62)33-43)60(81)67(5)18-10-16-65(3)15-9-17-66(4)54(73)41-88-28-30-89(84,85)29-27-68-19-21-69(38-55(74)75)23-25-71(40-57(78)79)26-24-70(22-20-68)39-56(76)77/h8,11-14,36-37,42-44,46-47H,9-10,15-35,38-41H2,1-7H3,(H,63,80)(H,74,75)(H,76,77)(H,78,79)(H,82,83). The van der Waals surface area contributed by atoms with Crippen LogP contribution >= 0.6 is 11.8 Å². The third kappa shape index (κ3) is 18.9. The Labute approximate surface area is 526 Å². The first-order valence-corrected chi connectivity index (χ1v) is 33.8. The number of carboxylic acid groups (broad SMARTS) is 4. The van der Waals surface area contributed by atoms with Crippen molar-refractivity contribution in [3.05, 3.63) is 59.3 Å². The molecule has 1 aromatic heterocycles. The molecule has 2 heterocycles. The summed E-state index contributed by atoms with van der Waals surface area (Å²) < 4.78 is 39.8. The first kappa shape index (κ1) is 70.1. The number of carboxylic acids is 4. The Balaban J connectivity index is 0.876. The molecule has 0 atom stereocenters. The van der Waals surface area contributed by atoms with E-state index in [1.54, 1.807) is 87.8 Å². The van der Waals surface area contributed by atoms with Gasteiger partial charge in [-0.3, -0.25) is 48.4 Å². The Hall–Kier alpha value is -6.36. The summed E-state index contributed by atoms with van der Waals surface area (Å²) in [5.74, 6) is -3.51. The van der Waals surface area contributed by atoms with Crippen LogP contribution in [0.2, 0.25) is 0 Å². The van der Waals surface area contributed by atoms with Crippen LogP contribution in [0.1, 0.15) is 91.1 Å². The fraction of sp³-hybridized carbons (Fsp3) is 0.645. The van der Waals surface area contributed by atoms with Crippen molar-refractivity contribution in [3.63, 3.8) is 0 Å². The molecule has 0 radical (unpaired) electrons. The van der Waals surface area contributed by atoms with Crippen molar-refractivity contribution in [1.29, 1.82) is 0 Å². The van der Waals surface area contributed by atoms with Crippen LogP contribution < -0.4 is 14.8 Å². The number of thioether (sulfide) groups is 1. The van der Waals surface area contributed by atoms with Crippen LogP contribution in [0.15, 0.2) is 42.5 Å². The van der Waals surface area contributed by atoms with E-state index in [2.05, 4.69) is 10.2 Å². The molecule has 4 saturated carbocycles. The summed E-state index contributed by atoms with van der Waals surface area (Å²) in [7, 11) is 5.01. The van der Waals surface area contributed by atoms with Gasteiger partial charge in [0.1, 0.15) is 17.0 Å². The van der Waals surface area contributed by atoms with Gasteiger partial charge in [-0.2, -0.15) is 16.9 Å². The first-order valence-electron chi connectivity index (χ1n) is 30.8. The number of aromatic nitrogens is 2. The molecule has 89 heavy (non-hydrogen) atoms. The van der Waals surface area contributed by atoms with Crippen LogP contribution in [0.3, 0.4) is 0 Å². The zero-order valence-electron chi connectivity index (χ0n) is 52.6. The number of methoxy groups -OCH3 is 2. The summed E-state index contributed by atoms with van der Waals surface area (Å²) in [5, 5.41) is 47.3. The summed E-state index contributed by atoms with van der Waals surface area (Å²) in [6.07, 6.45) is 5.61. The van der Waals surface area contributed by atoms with Gasteiger partial charge in [0.2, 0.25) is 5.91 Å². The molecule has 492 valence electrons. The number of rotatable bonds is 31. The molecular formula is C62H92N10O15S2. The minimum Gasteiger partial charge on any atom is -0.496 e. The molecule has 5 aliphatic rings. The van der Waals surface area contributed by atoms with Gasteiger partial charge in [-0.15, -0.1) is 0 Å². The number of carbonyl (C=O) groups excluding carboxylic acids is 3. The van der Waals surface area contributed by atoms with E-state index in [0.29, 0.717) is 98.0 Å². The van der Waals surface area contributed by atoms with E-state index in [1.807, 2.05) is 37.9 Å². The largest absolute Gasteiger partial charge is 0.496 e. The normalized spacial score (nSPS) is 21.3. The lowest BCUT2D eigenvalue weighted by molar-refractivity contribution is -0.163. The quantitative estimate of drug-likeness (QED) is 0.0575. The van der Waals surface area contributed by atoms with Crippen LogP contribution in [0.4, 0.5) is 0 Å². The van der Waals surface area contributed by atoms with Gasteiger partial charge in [-0.05, 0) is 137 Å². The summed E-state index contributed by atoms with van der Waals surface area (Å²) in [5.41, 5.74) is 1.57. The Kier molecular flexibility index (Phi) is 25.3. The van der Waals surface area contributed by atoms with Crippen molar-refractivity contribution in [2.75, 3.05) is 163 Å². The van der Waals surface area contributed by atoms with E-state index in [4.69, 9.17) is 14.6 Å². The van der Waals surface area contributed by atoms with Crippen LogP contribution in [0, 0.1) is 23.7 Å². The van der Waals surface area contributed by atoms with Gasteiger partial charge in [0.25, 0.3) is 11.8 Å². The second-order valence-corrected chi connectivity index (χ2v) is 28.2. The molecule has 1 aliphatic heterocycles. The number of carbonyl (C=O) groups is 7. The van der Waals surface area contributed by atoms with E-state index >= 15 is 0 Å². The van der Waals surface area contributed by atoms with Crippen LogP contribution in [0.5, 0.6) is 11.5 Å². The molecule has 0 spiro atoms. The molecule has 3 aromatic rings. The maximum Gasteiger partial charge on any atom is 0.330 e. The van der Waals surface area contributed by atoms with Crippen molar-refractivity contribution >= 4 is 63.2 Å². The highest BCUT2D eigenvalue weighted by atomic mass is 32.2. The van der Waals surface area contributed by atoms with Crippen molar-refractivity contribution in [1.82, 2.24) is 49.4 Å². The highest BCUT2D eigenvalue weighted by molar-refractivity contribution is 8.01. The Bertz CT molecular complexity index is 3010. The van der Waals surface area contributed by atoms with Gasteiger partial charge in [0, 0.05) is 97.4 Å². The average Bonchev–Trinajstić information content (AvgIpc) is 1.13. The lowest BCUT2D eigenvalue weighted by atomic mass is 9.48. The Morgan fingerprint density at radius 2 is 1.19 bits per heavy atom. The van der Waals surface area contributed by atoms with Gasteiger partial charge in [-0.25, -0.2) is 17.9 Å².